The van der Waals surface area contributed by atoms with Crippen molar-refractivity contribution in [1.29, 1.82) is 0 Å². The molecule has 0 spiro atoms. The lowest BCUT2D eigenvalue weighted by atomic mass is 9.96. The molecule has 100 valence electrons. The highest BCUT2D eigenvalue weighted by atomic mass is 79.9. The molecule has 0 saturated heterocycles. The Hall–Kier alpha value is -1.26. The summed E-state index contributed by atoms with van der Waals surface area (Å²) >= 11 is 3.39. The second-order valence-electron chi connectivity index (χ2n) is 4.59. The molecule has 0 aliphatic rings. The third-order valence-corrected chi connectivity index (χ3v) is 3.81. The van der Waals surface area contributed by atoms with Gasteiger partial charge in [-0.15, -0.1) is 0 Å². The molecule has 2 aromatic carbocycles. The Labute approximate surface area is 119 Å². The molecule has 2 N–H and O–H groups in total. The summed E-state index contributed by atoms with van der Waals surface area (Å²) in [5, 5.41) is 0. The van der Waals surface area contributed by atoms with E-state index in [1.54, 1.807) is 13.0 Å². The number of benzene rings is 2. The molecular weight excluding hydrogens is 312 g/mol. The minimum Gasteiger partial charge on any atom is -0.320 e. The molecule has 0 aliphatic heterocycles. The number of aryl methyl sites for hydroxylation is 2. The van der Waals surface area contributed by atoms with E-state index < -0.39 is 17.7 Å². The van der Waals surface area contributed by atoms with Crippen LogP contribution in [-0.4, -0.2) is 0 Å². The van der Waals surface area contributed by atoms with Gasteiger partial charge in [-0.25, -0.2) is 8.78 Å². The summed E-state index contributed by atoms with van der Waals surface area (Å²) in [4.78, 5) is 0. The molecule has 0 bridgehead atoms. The molecule has 0 amide bonds. The monoisotopic (exact) mass is 325 g/mol. The zero-order valence-corrected chi connectivity index (χ0v) is 12.3. The molecular formula is C15H14BrF2N. The Kier molecular flexibility index (Phi) is 4.02. The topological polar surface area (TPSA) is 26.0 Å². The molecule has 0 aromatic heterocycles. The molecule has 0 radical (unpaired) electrons. The first-order valence-corrected chi connectivity index (χ1v) is 6.67. The summed E-state index contributed by atoms with van der Waals surface area (Å²) in [6.45, 7) is 3.53. The number of rotatable bonds is 2. The minimum absolute atomic E-state index is 0.0930. The predicted octanol–water partition coefficient (Wildman–Crippen LogP) is 4.39. The fourth-order valence-corrected chi connectivity index (χ4v) is 2.74. The highest BCUT2D eigenvalue weighted by Crippen LogP contribution is 2.31. The Balaban J connectivity index is 2.56. The average molecular weight is 326 g/mol. The summed E-state index contributed by atoms with van der Waals surface area (Å²) in [5.74, 6) is -1.21. The van der Waals surface area contributed by atoms with E-state index in [-0.39, 0.29) is 5.56 Å². The van der Waals surface area contributed by atoms with Crippen LogP contribution in [-0.2, 0) is 0 Å². The second-order valence-corrected chi connectivity index (χ2v) is 5.45. The van der Waals surface area contributed by atoms with E-state index in [2.05, 4.69) is 15.9 Å². The van der Waals surface area contributed by atoms with Gasteiger partial charge in [0.15, 0.2) is 0 Å². The van der Waals surface area contributed by atoms with Crippen LogP contribution in [0, 0.1) is 25.5 Å². The van der Waals surface area contributed by atoms with Gasteiger partial charge < -0.3 is 5.73 Å². The summed E-state index contributed by atoms with van der Waals surface area (Å²) in [6, 6.07) is 7.34. The molecule has 0 aliphatic carbocycles. The lowest BCUT2D eigenvalue weighted by Crippen LogP contribution is -2.17. The highest BCUT2D eigenvalue weighted by Gasteiger charge is 2.21. The Morgan fingerprint density at radius 2 is 1.79 bits per heavy atom. The average Bonchev–Trinajstić information content (AvgIpc) is 2.34. The Morgan fingerprint density at radius 1 is 1.11 bits per heavy atom. The molecule has 2 rings (SSSR count). The van der Waals surface area contributed by atoms with Gasteiger partial charge in [-0.2, -0.15) is 0 Å². The summed E-state index contributed by atoms with van der Waals surface area (Å²) in [6.07, 6.45) is 0. The molecule has 2 aromatic rings. The van der Waals surface area contributed by atoms with Gasteiger partial charge >= 0.3 is 0 Å². The van der Waals surface area contributed by atoms with E-state index in [1.807, 2.05) is 19.1 Å². The lowest BCUT2D eigenvalue weighted by molar-refractivity contribution is 0.538. The highest BCUT2D eigenvalue weighted by molar-refractivity contribution is 9.10. The normalized spacial score (nSPS) is 12.5. The zero-order chi connectivity index (χ0) is 14.2. The van der Waals surface area contributed by atoms with E-state index in [0.717, 1.165) is 10.0 Å². The van der Waals surface area contributed by atoms with Crippen molar-refractivity contribution >= 4 is 15.9 Å². The van der Waals surface area contributed by atoms with Gasteiger partial charge in [-0.3, -0.25) is 0 Å². The van der Waals surface area contributed by atoms with Crippen molar-refractivity contribution < 1.29 is 8.78 Å². The second kappa shape index (κ2) is 5.39. The number of nitrogens with two attached hydrogens (primary N) is 1. The maximum atomic E-state index is 14.1. The van der Waals surface area contributed by atoms with Crippen LogP contribution < -0.4 is 5.73 Å². The number of hydrogen-bond donors (Lipinski definition) is 1. The molecule has 19 heavy (non-hydrogen) atoms. The summed E-state index contributed by atoms with van der Waals surface area (Å²) < 4.78 is 28.7. The van der Waals surface area contributed by atoms with Crippen LogP contribution in [0.5, 0.6) is 0 Å². The van der Waals surface area contributed by atoms with E-state index in [4.69, 9.17) is 5.73 Å². The Morgan fingerprint density at radius 3 is 2.42 bits per heavy atom. The van der Waals surface area contributed by atoms with Gasteiger partial charge in [0, 0.05) is 10.0 Å². The van der Waals surface area contributed by atoms with Gasteiger partial charge in [0.05, 0.1) is 6.04 Å². The Bertz CT molecular complexity index is 626. The molecule has 1 nitrogen and oxygen atoms in total. The van der Waals surface area contributed by atoms with Crippen LogP contribution in [0.15, 0.2) is 34.8 Å². The van der Waals surface area contributed by atoms with Gasteiger partial charge in [0.1, 0.15) is 11.6 Å². The fourth-order valence-electron chi connectivity index (χ4n) is 2.00. The molecule has 4 heteroatoms. The van der Waals surface area contributed by atoms with Crippen molar-refractivity contribution in [2.75, 3.05) is 0 Å². The van der Waals surface area contributed by atoms with Crippen LogP contribution in [0.4, 0.5) is 8.78 Å². The SMILES string of the molecule is Cc1ccc(C(N)c2c(F)ccc(C)c2F)c(Br)c1. The predicted molar refractivity (Wildman–Crippen MR) is 76.0 cm³/mol. The van der Waals surface area contributed by atoms with Crippen LogP contribution in [0.2, 0.25) is 0 Å². The maximum absolute atomic E-state index is 14.1. The van der Waals surface area contributed by atoms with Crippen molar-refractivity contribution in [3.8, 4) is 0 Å². The van der Waals surface area contributed by atoms with E-state index in [9.17, 15) is 8.78 Å². The van der Waals surface area contributed by atoms with E-state index >= 15 is 0 Å². The zero-order valence-electron chi connectivity index (χ0n) is 10.7. The molecule has 0 heterocycles. The largest absolute Gasteiger partial charge is 0.320 e. The number of halogens is 3. The fraction of sp³-hybridized carbons (Fsp3) is 0.200. The van der Waals surface area contributed by atoms with Gasteiger partial charge in [-0.1, -0.05) is 34.1 Å². The standard InChI is InChI=1S/C15H14BrF2N/c1-8-3-5-10(11(16)7-8)15(19)13-12(17)6-4-9(2)14(13)18/h3-7,15H,19H2,1-2H3. The van der Waals surface area contributed by atoms with Gasteiger partial charge in [0.2, 0.25) is 0 Å². The van der Waals surface area contributed by atoms with Crippen LogP contribution >= 0.6 is 15.9 Å². The first kappa shape index (κ1) is 14.2. The lowest BCUT2D eigenvalue weighted by Gasteiger charge is -2.17. The quantitative estimate of drug-likeness (QED) is 0.870. The third-order valence-electron chi connectivity index (χ3n) is 3.12. The molecule has 0 fully saturated rings. The molecule has 1 atom stereocenters. The van der Waals surface area contributed by atoms with Crippen molar-refractivity contribution in [1.82, 2.24) is 0 Å². The van der Waals surface area contributed by atoms with Gasteiger partial charge in [-0.05, 0) is 42.7 Å². The van der Waals surface area contributed by atoms with E-state index in [1.165, 1.54) is 12.1 Å². The maximum Gasteiger partial charge on any atom is 0.134 e. The first-order chi connectivity index (χ1) is 8.91. The van der Waals surface area contributed by atoms with Gasteiger partial charge in [0.25, 0.3) is 0 Å². The molecule has 1 unspecified atom stereocenters. The first-order valence-electron chi connectivity index (χ1n) is 5.88. The van der Waals surface area contributed by atoms with Crippen LogP contribution in [0.3, 0.4) is 0 Å². The summed E-state index contributed by atoms with van der Waals surface area (Å²) in [7, 11) is 0. The molecule has 0 saturated carbocycles. The summed E-state index contributed by atoms with van der Waals surface area (Å²) in [5.41, 5.74) is 8.03. The van der Waals surface area contributed by atoms with Crippen molar-refractivity contribution in [3.63, 3.8) is 0 Å². The van der Waals surface area contributed by atoms with E-state index in [0.29, 0.717) is 11.1 Å². The van der Waals surface area contributed by atoms with Crippen molar-refractivity contribution in [2.45, 2.75) is 19.9 Å². The third kappa shape index (κ3) is 2.69. The minimum atomic E-state index is -0.838. The number of hydrogen-bond acceptors (Lipinski definition) is 1. The van der Waals surface area contributed by atoms with Crippen LogP contribution in [0.25, 0.3) is 0 Å². The smallest absolute Gasteiger partial charge is 0.134 e. The van der Waals surface area contributed by atoms with Crippen molar-refractivity contribution in [2.24, 2.45) is 5.73 Å². The van der Waals surface area contributed by atoms with Crippen LogP contribution in [0.1, 0.15) is 28.3 Å². The van der Waals surface area contributed by atoms with Crippen molar-refractivity contribution in [3.05, 3.63) is 68.7 Å².